The van der Waals surface area contributed by atoms with Crippen molar-refractivity contribution in [1.29, 1.82) is 0 Å². The Hall–Kier alpha value is -2.59. The normalized spacial score (nSPS) is 11.7. The average molecular weight is 344 g/mol. The molecule has 0 aromatic heterocycles. The van der Waals surface area contributed by atoms with Gasteiger partial charge in [0, 0.05) is 22.6 Å². The maximum absolute atomic E-state index is 13.4. The van der Waals surface area contributed by atoms with Gasteiger partial charge < -0.3 is 19.9 Å². The van der Waals surface area contributed by atoms with Gasteiger partial charge in [0.15, 0.2) is 17.5 Å². The number of rotatable bonds is 4. The van der Waals surface area contributed by atoms with Crippen molar-refractivity contribution in [2.75, 3.05) is 15.4 Å². The second kappa shape index (κ2) is 7.11. The zero-order valence-electron chi connectivity index (χ0n) is 11.2. The van der Waals surface area contributed by atoms with Crippen molar-refractivity contribution >= 4 is 34.4 Å². The first-order valence-electron chi connectivity index (χ1n) is 6.04. The summed E-state index contributed by atoms with van der Waals surface area (Å²) in [6.07, 6.45) is 0. The summed E-state index contributed by atoms with van der Waals surface area (Å²) in [7, 11) is 0. The monoisotopic (exact) mass is 344 g/mol. The third kappa shape index (κ3) is 4.44. The standard InChI is InChI=1S/C13H10F3N3O3S/c14-9-5-6-10(12(16)11(9)15)18-13(20)17-7-1-3-8(4-2-7)19-23(21)22/h1-6,19H,(H,21,22)(H2,17,18,20)/p-1. The predicted octanol–water partition coefficient (Wildman–Crippen LogP) is 2.95. The number of carbonyl (C=O) groups excluding carboxylic acids is 1. The van der Waals surface area contributed by atoms with Crippen LogP contribution in [0.2, 0.25) is 0 Å². The number of nitrogens with one attached hydrogen (secondary N) is 3. The fourth-order valence-electron chi connectivity index (χ4n) is 1.62. The van der Waals surface area contributed by atoms with E-state index in [0.717, 1.165) is 6.07 Å². The van der Waals surface area contributed by atoms with E-state index in [2.05, 4.69) is 10.0 Å². The Morgan fingerprint density at radius 3 is 2.13 bits per heavy atom. The molecular weight excluding hydrogens is 335 g/mol. The summed E-state index contributed by atoms with van der Waals surface area (Å²) in [5.41, 5.74) is 0.0186. The van der Waals surface area contributed by atoms with Gasteiger partial charge in [-0.15, -0.1) is 0 Å². The third-order valence-corrected chi connectivity index (χ3v) is 3.03. The van der Waals surface area contributed by atoms with Crippen LogP contribution in [0.5, 0.6) is 0 Å². The van der Waals surface area contributed by atoms with E-state index in [9.17, 15) is 26.7 Å². The molecule has 0 aliphatic heterocycles. The Kier molecular flexibility index (Phi) is 5.19. The van der Waals surface area contributed by atoms with Crippen LogP contribution >= 0.6 is 0 Å². The van der Waals surface area contributed by atoms with Crippen LogP contribution in [0, 0.1) is 17.5 Å². The first-order chi connectivity index (χ1) is 10.9. The zero-order chi connectivity index (χ0) is 17.0. The fraction of sp³-hybridized carbons (Fsp3) is 0. The lowest BCUT2D eigenvalue weighted by molar-refractivity contribution is 0.262. The molecule has 0 bridgehead atoms. The molecule has 122 valence electrons. The lowest BCUT2D eigenvalue weighted by atomic mass is 10.2. The number of amides is 2. The van der Waals surface area contributed by atoms with Crippen molar-refractivity contribution in [1.82, 2.24) is 0 Å². The van der Waals surface area contributed by atoms with E-state index in [1.54, 1.807) is 0 Å². The fourth-order valence-corrected chi connectivity index (χ4v) is 1.95. The molecule has 2 aromatic rings. The van der Waals surface area contributed by atoms with Crippen LogP contribution in [-0.2, 0) is 11.3 Å². The number of hydrogen-bond donors (Lipinski definition) is 3. The highest BCUT2D eigenvalue weighted by Gasteiger charge is 2.15. The minimum Gasteiger partial charge on any atom is -0.755 e. The number of carbonyl (C=O) groups is 1. The molecule has 0 fully saturated rings. The molecule has 0 spiro atoms. The van der Waals surface area contributed by atoms with Crippen molar-refractivity contribution < 1.29 is 26.7 Å². The number of hydrogen-bond acceptors (Lipinski definition) is 3. The zero-order valence-corrected chi connectivity index (χ0v) is 12.0. The first-order valence-corrected chi connectivity index (χ1v) is 7.12. The summed E-state index contributed by atoms with van der Waals surface area (Å²) in [4.78, 5) is 11.7. The highest BCUT2D eigenvalue weighted by atomic mass is 32.2. The molecule has 2 rings (SSSR count). The molecular formula is C13H9F3N3O3S-. The molecule has 3 N–H and O–H groups in total. The van der Waals surface area contributed by atoms with Crippen LogP contribution in [-0.4, -0.2) is 14.8 Å². The molecule has 1 unspecified atom stereocenters. The molecule has 10 heteroatoms. The van der Waals surface area contributed by atoms with E-state index >= 15 is 0 Å². The highest BCUT2D eigenvalue weighted by Crippen LogP contribution is 2.20. The molecule has 2 aromatic carbocycles. The van der Waals surface area contributed by atoms with Crippen molar-refractivity contribution in [2.45, 2.75) is 0 Å². The summed E-state index contributed by atoms with van der Waals surface area (Å²) in [5, 5.41) is 4.35. The third-order valence-electron chi connectivity index (χ3n) is 2.63. The maximum Gasteiger partial charge on any atom is 0.323 e. The Bertz CT molecular complexity index is 756. The topological polar surface area (TPSA) is 93.3 Å². The lowest BCUT2D eigenvalue weighted by Gasteiger charge is -2.11. The lowest BCUT2D eigenvalue weighted by Crippen LogP contribution is -2.20. The van der Waals surface area contributed by atoms with Crippen LogP contribution in [0.25, 0.3) is 0 Å². The molecule has 0 radical (unpaired) electrons. The first kappa shape index (κ1) is 16.8. The van der Waals surface area contributed by atoms with Crippen molar-refractivity contribution in [2.24, 2.45) is 0 Å². The minimum absolute atomic E-state index is 0.271. The molecule has 0 saturated heterocycles. The molecule has 0 aliphatic carbocycles. The maximum atomic E-state index is 13.4. The Morgan fingerprint density at radius 2 is 1.52 bits per heavy atom. The SMILES string of the molecule is O=C(Nc1ccc(NS(=O)[O-])cc1)Nc1ccc(F)c(F)c1F. The van der Waals surface area contributed by atoms with E-state index in [4.69, 9.17) is 0 Å². The van der Waals surface area contributed by atoms with Gasteiger partial charge in [0.25, 0.3) is 0 Å². The Labute approximate surface area is 131 Å². The summed E-state index contributed by atoms with van der Waals surface area (Å²) >= 11 is -2.47. The van der Waals surface area contributed by atoms with Crippen LogP contribution in [0.3, 0.4) is 0 Å². The van der Waals surface area contributed by atoms with Crippen LogP contribution < -0.4 is 15.4 Å². The average Bonchev–Trinajstić information content (AvgIpc) is 2.49. The summed E-state index contributed by atoms with van der Waals surface area (Å²) in [6, 6.07) is 6.20. The molecule has 1 atom stereocenters. The highest BCUT2D eigenvalue weighted by molar-refractivity contribution is 7.80. The van der Waals surface area contributed by atoms with Gasteiger partial charge in [-0.25, -0.2) is 18.0 Å². The number of urea groups is 1. The number of benzene rings is 2. The molecule has 0 aliphatic rings. The van der Waals surface area contributed by atoms with Gasteiger partial charge in [0.1, 0.15) is 0 Å². The van der Waals surface area contributed by atoms with Crippen LogP contribution in [0.15, 0.2) is 36.4 Å². The predicted molar refractivity (Wildman–Crippen MR) is 77.9 cm³/mol. The summed E-state index contributed by atoms with van der Waals surface area (Å²) in [6.45, 7) is 0. The molecule has 6 nitrogen and oxygen atoms in total. The van der Waals surface area contributed by atoms with Gasteiger partial charge in [0.2, 0.25) is 0 Å². The van der Waals surface area contributed by atoms with E-state index in [1.165, 1.54) is 24.3 Å². The van der Waals surface area contributed by atoms with Gasteiger partial charge in [-0.1, -0.05) is 0 Å². The minimum atomic E-state index is -2.47. The van der Waals surface area contributed by atoms with Gasteiger partial charge in [-0.3, -0.25) is 4.21 Å². The largest absolute Gasteiger partial charge is 0.755 e. The van der Waals surface area contributed by atoms with Crippen LogP contribution in [0.1, 0.15) is 0 Å². The van der Waals surface area contributed by atoms with Crippen LogP contribution in [0.4, 0.5) is 35.0 Å². The number of halogens is 3. The van der Waals surface area contributed by atoms with Gasteiger partial charge in [0.05, 0.1) is 5.69 Å². The Balaban J connectivity index is 2.02. The van der Waals surface area contributed by atoms with Crippen molar-refractivity contribution in [3.05, 3.63) is 53.8 Å². The van der Waals surface area contributed by atoms with E-state index < -0.39 is 40.4 Å². The van der Waals surface area contributed by atoms with E-state index in [-0.39, 0.29) is 11.4 Å². The Morgan fingerprint density at radius 1 is 0.913 bits per heavy atom. The van der Waals surface area contributed by atoms with Gasteiger partial charge >= 0.3 is 6.03 Å². The van der Waals surface area contributed by atoms with E-state index in [1.807, 2.05) is 5.32 Å². The van der Waals surface area contributed by atoms with Gasteiger partial charge in [-0.05, 0) is 36.4 Å². The summed E-state index contributed by atoms with van der Waals surface area (Å²) in [5.74, 6) is -4.58. The number of anilines is 3. The second-order valence-electron chi connectivity index (χ2n) is 4.22. The molecule has 0 saturated carbocycles. The van der Waals surface area contributed by atoms with Crippen molar-refractivity contribution in [3.8, 4) is 0 Å². The summed E-state index contributed by atoms with van der Waals surface area (Å²) < 4.78 is 62.2. The molecule has 0 heterocycles. The van der Waals surface area contributed by atoms with E-state index in [0.29, 0.717) is 6.07 Å². The molecule has 23 heavy (non-hydrogen) atoms. The second-order valence-corrected chi connectivity index (χ2v) is 4.89. The molecule has 2 amide bonds. The smallest absolute Gasteiger partial charge is 0.323 e. The van der Waals surface area contributed by atoms with Crippen molar-refractivity contribution in [3.63, 3.8) is 0 Å². The quantitative estimate of drug-likeness (QED) is 0.588. The van der Waals surface area contributed by atoms with Gasteiger partial charge in [-0.2, -0.15) is 0 Å².